The van der Waals surface area contributed by atoms with Crippen molar-refractivity contribution in [2.24, 2.45) is 5.92 Å². The van der Waals surface area contributed by atoms with Crippen molar-refractivity contribution in [3.8, 4) is 6.07 Å². The number of amides is 1. The van der Waals surface area contributed by atoms with Gasteiger partial charge in [0.15, 0.2) is 0 Å². The van der Waals surface area contributed by atoms with E-state index in [2.05, 4.69) is 10.8 Å². The van der Waals surface area contributed by atoms with Crippen LogP contribution in [0.3, 0.4) is 0 Å². The van der Waals surface area contributed by atoms with Gasteiger partial charge in [-0.3, -0.25) is 9.59 Å². The summed E-state index contributed by atoms with van der Waals surface area (Å²) < 4.78 is 4.65. The van der Waals surface area contributed by atoms with Crippen molar-refractivity contribution in [3.05, 3.63) is 0 Å². The van der Waals surface area contributed by atoms with Gasteiger partial charge in [-0.25, -0.2) is 0 Å². The summed E-state index contributed by atoms with van der Waals surface area (Å²) in [4.78, 5) is 25.2. The van der Waals surface area contributed by atoms with Gasteiger partial charge in [-0.05, 0) is 12.8 Å². The second-order valence-electron chi connectivity index (χ2n) is 5.60. The van der Waals surface area contributed by atoms with Crippen LogP contribution < -0.4 is 0 Å². The summed E-state index contributed by atoms with van der Waals surface area (Å²) in [6, 6.07) is 2.35. The molecule has 1 aliphatic carbocycles. The normalized spacial score (nSPS) is 18.4. The van der Waals surface area contributed by atoms with Crippen LogP contribution in [0.1, 0.15) is 39.0 Å². The number of carbonyl (C=O) groups excluding carboxylic acids is 2. The smallest absolute Gasteiger partial charge is 0.309 e. The quantitative estimate of drug-likeness (QED) is 0.703. The molecule has 1 amide bonds. The van der Waals surface area contributed by atoms with E-state index < -0.39 is 5.54 Å². The van der Waals surface area contributed by atoms with Crippen LogP contribution in [0.4, 0.5) is 0 Å². The summed E-state index contributed by atoms with van der Waals surface area (Å²) in [6.07, 6.45) is 4.65. The molecule has 0 N–H and O–H groups in total. The number of carbonyl (C=O) groups is 2. The topological polar surface area (TPSA) is 70.4 Å². The van der Waals surface area contributed by atoms with Crippen molar-refractivity contribution in [1.82, 2.24) is 4.90 Å². The maximum atomic E-state index is 12.3. The summed E-state index contributed by atoms with van der Waals surface area (Å²) in [6.45, 7) is 1.78. The van der Waals surface area contributed by atoms with Crippen molar-refractivity contribution >= 4 is 23.6 Å². The van der Waals surface area contributed by atoms with Crippen molar-refractivity contribution in [2.75, 3.05) is 25.7 Å². The zero-order valence-electron chi connectivity index (χ0n) is 13.1. The van der Waals surface area contributed by atoms with Gasteiger partial charge >= 0.3 is 5.97 Å². The van der Waals surface area contributed by atoms with Gasteiger partial charge in [-0.15, -0.1) is 0 Å². The van der Waals surface area contributed by atoms with Crippen LogP contribution in [0.15, 0.2) is 0 Å². The Morgan fingerprint density at radius 3 is 2.52 bits per heavy atom. The fourth-order valence-electron chi connectivity index (χ4n) is 2.59. The van der Waals surface area contributed by atoms with Crippen LogP contribution >= 0.6 is 11.8 Å². The Bertz CT molecular complexity index is 414. The highest BCUT2D eigenvalue weighted by Gasteiger charge is 2.38. The molecule has 0 bridgehead atoms. The van der Waals surface area contributed by atoms with E-state index in [1.54, 1.807) is 18.9 Å². The third-order valence-electron chi connectivity index (χ3n) is 4.10. The highest BCUT2D eigenvalue weighted by Crippen LogP contribution is 2.32. The van der Waals surface area contributed by atoms with E-state index in [1.165, 1.54) is 18.9 Å². The van der Waals surface area contributed by atoms with E-state index in [1.807, 2.05) is 0 Å². The molecule has 1 unspecified atom stereocenters. The zero-order chi connectivity index (χ0) is 15.9. The van der Waals surface area contributed by atoms with Crippen LogP contribution in [0.2, 0.25) is 0 Å². The van der Waals surface area contributed by atoms with Crippen LogP contribution in [-0.4, -0.2) is 48.0 Å². The Labute approximate surface area is 131 Å². The van der Waals surface area contributed by atoms with E-state index in [9.17, 15) is 14.9 Å². The molecule has 0 aromatic heterocycles. The summed E-state index contributed by atoms with van der Waals surface area (Å²) in [5.74, 6) is 0.315. The fourth-order valence-corrected chi connectivity index (χ4v) is 3.56. The van der Waals surface area contributed by atoms with Crippen LogP contribution in [-0.2, 0) is 14.3 Å². The minimum atomic E-state index is -0.635. The summed E-state index contributed by atoms with van der Waals surface area (Å²) in [7, 11) is 3.09. The highest BCUT2D eigenvalue weighted by atomic mass is 32.2. The summed E-state index contributed by atoms with van der Waals surface area (Å²) >= 11 is 1.41. The second kappa shape index (κ2) is 8.28. The molecule has 1 rings (SSSR count). The predicted molar refractivity (Wildman–Crippen MR) is 82.7 cm³/mol. The van der Waals surface area contributed by atoms with Crippen LogP contribution in [0.25, 0.3) is 0 Å². The molecule has 6 heteroatoms. The molecule has 0 radical (unpaired) electrons. The lowest BCUT2D eigenvalue weighted by Crippen LogP contribution is -2.50. The van der Waals surface area contributed by atoms with Gasteiger partial charge in [0.1, 0.15) is 5.54 Å². The van der Waals surface area contributed by atoms with E-state index in [0.29, 0.717) is 11.5 Å². The average Bonchev–Trinajstić information content (AvgIpc) is 2.53. The minimum Gasteiger partial charge on any atom is -0.469 e. The number of ether oxygens (including phenoxy) is 1. The largest absolute Gasteiger partial charge is 0.469 e. The lowest BCUT2D eigenvalue weighted by atomic mass is 9.81. The average molecular weight is 312 g/mol. The predicted octanol–water partition coefficient (Wildman–Crippen LogP) is 2.21. The SMILES string of the molecule is COC(=O)C(C)CSCC(=O)N(C)C1(C#N)CCCCC1. The van der Waals surface area contributed by atoms with Gasteiger partial charge in [-0.1, -0.05) is 26.2 Å². The van der Waals surface area contributed by atoms with E-state index in [4.69, 9.17) is 0 Å². The number of rotatable bonds is 6. The Balaban J connectivity index is 2.47. The Hall–Kier alpha value is -1.22. The Morgan fingerprint density at radius 1 is 1.38 bits per heavy atom. The maximum Gasteiger partial charge on any atom is 0.309 e. The van der Waals surface area contributed by atoms with Gasteiger partial charge < -0.3 is 9.64 Å². The first-order valence-corrected chi connectivity index (χ1v) is 8.46. The number of thioether (sulfide) groups is 1. The molecule has 0 heterocycles. The number of methoxy groups -OCH3 is 1. The number of hydrogen-bond donors (Lipinski definition) is 0. The van der Waals surface area contributed by atoms with Crippen LogP contribution in [0.5, 0.6) is 0 Å². The number of nitrogens with zero attached hydrogens (tertiary/aromatic N) is 2. The standard InChI is InChI=1S/C15H24N2O3S/c1-12(14(19)20-3)9-21-10-13(18)17(2)15(11-16)7-5-4-6-8-15/h12H,4-10H2,1-3H3. The minimum absolute atomic E-state index is 0.0412. The number of esters is 1. The second-order valence-corrected chi connectivity index (χ2v) is 6.63. The van der Waals surface area contributed by atoms with Crippen LogP contribution in [0, 0.1) is 17.2 Å². The van der Waals surface area contributed by atoms with E-state index >= 15 is 0 Å². The van der Waals surface area contributed by atoms with Crippen molar-refractivity contribution in [3.63, 3.8) is 0 Å². The van der Waals surface area contributed by atoms with Crippen molar-refractivity contribution in [1.29, 1.82) is 5.26 Å². The molecule has 1 fully saturated rings. The van der Waals surface area contributed by atoms with Gasteiger partial charge in [0.2, 0.25) is 5.91 Å². The summed E-state index contributed by atoms with van der Waals surface area (Å²) in [5.41, 5.74) is -0.635. The van der Waals surface area contributed by atoms with Crippen molar-refractivity contribution in [2.45, 2.75) is 44.6 Å². The first-order chi connectivity index (χ1) is 9.96. The van der Waals surface area contributed by atoms with Gasteiger partial charge in [-0.2, -0.15) is 17.0 Å². The third kappa shape index (κ3) is 4.63. The van der Waals surface area contributed by atoms with Gasteiger partial charge in [0.05, 0.1) is 24.8 Å². The lowest BCUT2D eigenvalue weighted by molar-refractivity contribution is -0.144. The van der Waals surface area contributed by atoms with Gasteiger partial charge in [0, 0.05) is 12.8 Å². The number of hydrogen-bond acceptors (Lipinski definition) is 5. The lowest BCUT2D eigenvalue weighted by Gasteiger charge is -2.39. The molecule has 0 saturated heterocycles. The number of nitriles is 1. The molecule has 0 aliphatic heterocycles. The molecule has 118 valence electrons. The fraction of sp³-hybridized carbons (Fsp3) is 0.800. The summed E-state index contributed by atoms with van der Waals surface area (Å²) in [5, 5.41) is 9.47. The molecule has 0 aromatic rings. The molecular formula is C15H24N2O3S. The molecule has 0 aromatic carbocycles. The molecule has 5 nitrogen and oxygen atoms in total. The molecule has 0 spiro atoms. The van der Waals surface area contributed by atoms with Crippen molar-refractivity contribution < 1.29 is 14.3 Å². The Morgan fingerprint density at radius 2 is 2.00 bits per heavy atom. The maximum absolute atomic E-state index is 12.3. The third-order valence-corrected chi connectivity index (χ3v) is 5.29. The monoisotopic (exact) mass is 312 g/mol. The molecule has 21 heavy (non-hydrogen) atoms. The van der Waals surface area contributed by atoms with E-state index in [0.717, 1.165) is 32.1 Å². The molecular weight excluding hydrogens is 288 g/mol. The van der Waals surface area contributed by atoms with Gasteiger partial charge in [0.25, 0.3) is 0 Å². The molecule has 1 atom stereocenters. The molecule has 1 aliphatic rings. The van der Waals surface area contributed by atoms with E-state index in [-0.39, 0.29) is 17.8 Å². The highest BCUT2D eigenvalue weighted by molar-refractivity contribution is 7.99. The first-order valence-electron chi connectivity index (χ1n) is 7.30. The Kier molecular flexibility index (Phi) is 7.03. The molecule has 1 saturated carbocycles. The zero-order valence-corrected chi connectivity index (χ0v) is 13.9. The first kappa shape index (κ1) is 17.8.